The molecule has 0 unspecified atom stereocenters. The largest absolute Gasteiger partial charge is 0.508 e. The first-order chi connectivity index (χ1) is 13.9. The van der Waals surface area contributed by atoms with Crippen molar-refractivity contribution in [3.05, 3.63) is 71.3 Å². The summed E-state index contributed by atoms with van der Waals surface area (Å²) in [6.45, 7) is 2.18. The van der Waals surface area contributed by atoms with Crippen molar-refractivity contribution in [2.24, 2.45) is 5.92 Å². The van der Waals surface area contributed by atoms with Crippen LogP contribution < -0.4 is 4.74 Å². The molecule has 0 spiro atoms. The lowest BCUT2D eigenvalue weighted by Gasteiger charge is -2.18. The summed E-state index contributed by atoms with van der Waals surface area (Å²) in [5.41, 5.74) is 2.59. The molecule has 0 amide bonds. The van der Waals surface area contributed by atoms with E-state index in [0.29, 0.717) is 6.42 Å². The number of fused-ring (bicyclic) bond motifs is 1. The van der Waals surface area contributed by atoms with Crippen LogP contribution in [-0.2, 0) is 20.7 Å². The maximum Gasteiger partial charge on any atom is 0.330 e. The van der Waals surface area contributed by atoms with Crippen molar-refractivity contribution in [2.75, 3.05) is 6.61 Å². The number of ether oxygens (including phenoxy) is 2. The van der Waals surface area contributed by atoms with E-state index in [2.05, 4.69) is 0 Å². The summed E-state index contributed by atoms with van der Waals surface area (Å²) in [7, 11) is 0. The Morgan fingerprint density at radius 1 is 1.14 bits per heavy atom. The van der Waals surface area contributed by atoms with Crippen LogP contribution in [0.4, 0.5) is 0 Å². The van der Waals surface area contributed by atoms with Crippen LogP contribution in [0.3, 0.4) is 0 Å². The number of aliphatic carboxylic acids is 1. The van der Waals surface area contributed by atoms with Gasteiger partial charge in [-0.1, -0.05) is 25.1 Å². The average molecular weight is 394 g/mol. The lowest BCUT2D eigenvalue weighted by Crippen LogP contribution is -2.27. The first-order valence-electron chi connectivity index (χ1n) is 9.25. The van der Waals surface area contributed by atoms with Gasteiger partial charge in [-0.15, -0.1) is 0 Å². The van der Waals surface area contributed by atoms with Gasteiger partial charge in [0, 0.05) is 24.5 Å². The van der Waals surface area contributed by atoms with Gasteiger partial charge in [0.15, 0.2) is 0 Å². The average Bonchev–Trinajstić information content (AvgIpc) is 3.13. The molecule has 2 aromatic rings. The van der Waals surface area contributed by atoms with E-state index in [0.717, 1.165) is 28.5 Å². The molecule has 0 radical (unpaired) electrons. The number of phenols is 1. The molecular formula is C23H22O6. The predicted octanol–water partition coefficient (Wildman–Crippen LogP) is 3.69. The Morgan fingerprint density at radius 3 is 2.55 bits per heavy atom. The number of carbonyl (C=O) groups excluding carboxylic acids is 1. The minimum atomic E-state index is -0.991. The zero-order valence-corrected chi connectivity index (χ0v) is 15.9. The molecule has 3 rings (SSSR count). The van der Waals surface area contributed by atoms with Gasteiger partial charge < -0.3 is 19.7 Å². The van der Waals surface area contributed by atoms with Crippen molar-refractivity contribution in [3.8, 4) is 11.5 Å². The Morgan fingerprint density at radius 2 is 1.83 bits per heavy atom. The van der Waals surface area contributed by atoms with E-state index in [4.69, 9.17) is 14.6 Å². The minimum absolute atomic E-state index is 0.00793. The van der Waals surface area contributed by atoms with Crippen LogP contribution in [0.2, 0.25) is 0 Å². The van der Waals surface area contributed by atoms with Gasteiger partial charge in [-0.3, -0.25) is 0 Å². The number of phenolic OH excluding ortho intramolecular Hbond substituents is 1. The molecule has 150 valence electrons. The fourth-order valence-corrected chi connectivity index (χ4v) is 3.00. The van der Waals surface area contributed by atoms with Gasteiger partial charge in [-0.2, -0.15) is 0 Å². The van der Waals surface area contributed by atoms with Crippen LogP contribution in [0, 0.1) is 5.92 Å². The summed E-state index contributed by atoms with van der Waals surface area (Å²) in [5.74, 6) is -0.503. The lowest BCUT2D eigenvalue weighted by atomic mass is 9.99. The maximum absolute atomic E-state index is 11.9. The van der Waals surface area contributed by atoms with Gasteiger partial charge in [0.1, 0.15) is 17.6 Å². The molecule has 2 N–H and O–H groups in total. The highest BCUT2D eigenvalue weighted by Gasteiger charge is 2.28. The fraction of sp³-hybridized carbons (Fsp3) is 0.217. The molecule has 0 aliphatic carbocycles. The van der Waals surface area contributed by atoms with Crippen LogP contribution >= 0.6 is 0 Å². The third-order valence-corrected chi connectivity index (χ3v) is 4.63. The number of aromatic hydroxyl groups is 1. The number of hydrogen-bond donors (Lipinski definition) is 2. The summed E-state index contributed by atoms with van der Waals surface area (Å²) < 4.78 is 11.3. The molecule has 0 fully saturated rings. The molecule has 6 nitrogen and oxygen atoms in total. The summed E-state index contributed by atoms with van der Waals surface area (Å²) in [6, 6.07) is 12.0. The van der Waals surface area contributed by atoms with Crippen LogP contribution in [0.5, 0.6) is 11.5 Å². The molecule has 1 heterocycles. The standard InChI is InChI=1S/C23H22O6/c1-15(14-28-23(27)11-6-16-2-7-19(24)8-3-16)21-13-18-12-17(5-10-22(25)26)4-9-20(18)29-21/h2-12,15,21,24H,13-14H2,1H3,(H,25,26)/t15-,21-/m0/s1. The molecule has 2 aromatic carbocycles. The number of esters is 1. The monoisotopic (exact) mass is 394 g/mol. The van der Waals surface area contributed by atoms with Gasteiger partial charge in [-0.05, 0) is 53.1 Å². The Labute approximate surface area is 168 Å². The van der Waals surface area contributed by atoms with Crippen LogP contribution in [0.15, 0.2) is 54.6 Å². The Kier molecular flexibility index (Phi) is 6.34. The lowest BCUT2D eigenvalue weighted by molar-refractivity contribution is -0.139. The summed E-state index contributed by atoms with van der Waals surface area (Å²) in [6.07, 6.45) is 6.18. The van der Waals surface area contributed by atoms with Gasteiger partial charge in [-0.25, -0.2) is 9.59 Å². The number of hydrogen-bond acceptors (Lipinski definition) is 5. The number of carboxylic acid groups (broad SMARTS) is 1. The van der Waals surface area contributed by atoms with Crippen molar-refractivity contribution >= 4 is 24.1 Å². The summed E-state index contributed by atoms with van der Waals surface area (Å²) in [5, 5.41) is 18.0. The smallest absolute Gasteiger partial charge is 0.330 e. The van der Waals surface area contributed by atoms with E-state index < -0.39 is 11.9 Å². The quantitative estimate of drug-likeness (QED) is 0.550. The second-order valence-corrected chi connectivity index (χ2v) is 6.93. The van der Waals surface area contributed by atoms with Gasteiger partial charge in [0.25, 0.3) is 0 Å². The Hall–Kier alpha value is -3.54. The molecule has 1 aliphatic heterocycles. The highest BCUT2D eigenvalue weighted by Crippen LogP contribution is 2.32. The minimum Gasteiger partial charge on any atom is -0.508 e. The topological polar surface area (TPSA) is 93.1 Å². The fourth-order valence-electron chi connectivity index (χ4n) is 3.00. The molecule has 0 bridgehead atoms. The maximum atomic E-state index is 11.9. The van der Waals surface area contributed by atoms with Crippen molar-refractivity contribution < 1.29 is 29.3 Å². The number of rotatable bonds is 7. The summed E-state index contributed by atoms with van der Waals surface area (Å²) in [4.78, 5) is 22.6. The number of benzene rings is 2. The molecule has 0 aromatic heterocycles. The third kappa shape index (κ3) is 5.72. The molecule has 2 atom stereocenters. The second kappa shape index (κ2) is 9.10. The van der Waals surface area contributed by atoms with E-state index in [1.165, 1.54) is 6.08 Å². The predicted molar refractivity (Wildman–Crippen MR) is 108 cm³/mol. The molecule has 0 saturated carbocycles. The van der Waals surface area contributed by atoms with Gasteiger partial charge in [0.2, 0.25) is 0 Å². The highest BCUT2D eigenvalue weighted by molar-refractivity contribution is 5.87. The van der Waals surface area contributed by atoms with Crippen molar-refractivity contribution in [1.29, 1.82) is 0 Å². The van der Waals surface area contributed by atoms with Crippen LogP contribution in [-0.4, -0.2) is 34.9 Å². The van der Waals surface area contributed by atoms with Crippen LogP contribution in [0.1, 0.15) is 23.6 Å². The zero-order chi connectivity index (χ0) is 20.8. The van der Waals surface area contributed by atoms with Crippen molar-refractivity contribution in [1.82, 2.24) is 0 Å². The third-order valence-electron chi connectivity index (χ3n) is 4.63. The Balaban J connectivity index is 1.50. The zero-order valence-electron chi connectivity index (χ0n) is 15.9. The van der Waals surface area contributed by atoms with Gasteiger partial charge >= 0.3 is 11.9 Å². The molecule has 29 heavy (non-hydrogen) atoms. The van der Waals surface area contributed by atoms with E-state index in [9.17, 15) is 14.7 Å². The molecule has 0 saturated heterocycles. The second-order valence-electron chi connectivity index (χ2n) is 6.93. The molecule has 1 aliphatic rings. The first-order valence-corrected chi connectivity index (χ1v) is 9.25. The van der Waals surface area contributed by atoms with Crippen LogP contribution in [0.25, 0.3) is 12.2 Å². The Bertz CT molecular complexity index is 942. The van der Waals surface area contributed by atoms with Gasteiger partial charge in [0.05, 0.1) is 6.61 Å². The van der Waals surface area contributed by atoms with E-state index in [1.54, 1.807) is 42.5 Å². The van der Waals surface area contributed by atoms with E-state index in [1.807, 2.05) is 19.1 Å². The first kappa shape index (κ1) is 20.2. The SMILES string of the molecule is C[C@@H](COC(=O)C=Cc1ccc(O)cc1)[C@@H]1Cc2cc(C=CC(=O)O)ccc2O1. The van der Waals surface area contributed by atoms with E-state index in [-0.39, 0.29) is 24.4 Å². The normalized spacial score (nSPS) is 16.5. The summed E-state index contributed by atoms with van der Waals surface area (Å²) >= 11 is 0. The molecule has 6 heteroatoms. The number of carbonyl (C=O) groups is 2. The molecular weight excluding hydrogens is 372 g/mol. The van der Waals surface area contributed by atoms with Crippen molar-refractivity contribution in [2.45, 2.75) is 19.4 Å². The van der Waals surface area contributed by atoms with E-state index >= 15 is 0 Å². The highest BCUT2D eigenvalue weighted by atomic mass is 16.5. The van der Waals surface area contributed by atoms with Crippen molar-refractivity contribution in [3.63, 3.8) is 0 Å². The number of carboxylic acids is 1.